The van der Waals surface area contributed by atoms with Gasteiger partial charge in [0.25, 0.3) is 0 Å². The Labute approximate surface area is 214 Å². The fourth-order valence-corrected chi connectivity index (χ4v) is 4.85. The zero-order valence-electron chi connectivity index (χ0n) is 22.3. The van der Waals surface area contributed by atoms with Gasteiger partial charge in [0.05, 0.1) is 11.9 Å². The molecular weight excluding hydrogens is 481 g/mol. The standard InChI is InChI=1S/C27H38FN3O4S/c1-19-10-8-11-24(20(19)2)31(36(7,34)35)17-9-12-25(32)30(18-22-13-15-23(28)16-14-22)21(3)26(33)29-27(4,5)6/h8,10-11,13-16,21H,9,12,17-18H2,1-7H3,(H,29,33). The van der Waals surface area contributed by atoms with Crippen LogP contribution < -0.4 is 9.62 Å². The molecule has 0 radical (unpaired) electrons. The molecule has 198 valence electrons. The van der Waals surface area contributed by atoms with E-state index in [-0.39, 0.29) is 43.6 Å². The number of hydrogen-bond acceptors (Lipinski definition) is 4. The molecule has 0 saturated carbocycles. The number of halogens is 1. The number of amides is 2. The molecule has 9 heteroatoms. The smallest absolute Gasteiger partial charge is 0.242 e. The van der Waals surface area contributed by atoms with Gasteiger partial charge in [-0.3, -0.25) is 13.9 Å². The summed E-state index contributed by atoms with van der Waals surface area (Å²) in [6.07, 6.45) is 1.47. The highest BCUT2D eigenvalue weighted by Crippen LogP contribution is 2.25. The van der Waals surface area contributed by atoms with Gasteiger partial charge >= 0.3 is 0 Å². The van der Waals surface area contributed by atoms with Crippen molar-refractivity contribution in [2.75, 3.05) is 17.1 Å². The quantitative estimate of drug-likeness (QED) is 0.507. The second-order valence-electron chi connectivity index (χ2n) is 10.2. The van der Waals surface area contributed by atoms with Crippen LogP contribution in [0.4, 0.5) is 10.1 Å². The van der Waals surface area contributed by atoms with Crippen LogP contribution in [0.15, 0.2) is 42.5 Å². The fourth-order valence-electron chi connectivity index (χ4n) is 3.83. The van der Waals surface area contributed by atoms with Crippen LogP contribution in [0.5, 0.6) is 0 Å². The van der Waals surface area contributed by atoms with Gasteiger partial charge in [0.15, 0.2) is 0 Å². The van der Waals surface area contributed by atoms with Crippen molar-refractivity contribution in [3.05, 3.63) is 65.0 Å². The molecule has 0 spiro atoms. The van der Waals surface area contributed by atoms with Crippen molar-refractivity contribution in [3.63, 3.8) is 0 Å². The van der Waals surface area contributed by atoms with Crippen molar-refractivity contribution in [3.8, 4) is 0 Å². The first-order valence-corrected chi connectivity index (χ1v) is 13.8. The third-order valence-corrected chi connectivity index (χ3v) is 7.11. The highest BCUT2D eigenvalue weighted by molar-refractivity contribution is 7.92. The lowest BCUT2D eigenvalue weighted by Gasteiger charge is -2.32. The molecule has 0 aliphatic heterocycles. The minimum Gasteiger partial charge on any atom is -0.350 e. The molecule has 2 aromatic rings. The summed E-state index contributed by atoms with van der Waals surface area (Å²) < 4.78 is 39.8. The molecule has 7 nitrogen and oxygen atoms in total. The molecule has 2 amide bonds. The van der Waals surface area contributed by atoms with Crippen LogP contribution in [0.3, 0.4) is 0 Å². The molecular formula is C27H38FN3O4S. The molecule has 0 aliphatic rings. The van der Waals surface area contributed by atoms with Gasteiger partial charge in [0.1, 0.15) is 11.9 Å². The van der Waals surface area contributed by atoms with Crippen LogP contribution in [-0.4, -0.2) is 49.5 Å². The summed E-state index contributed by atoms with van der Waals surface area (Å²) in [4.78, 5) is 27.6. The maximum atomic E-state index is 13.4. The minimum atomic E-state index is -3.57. The van der Waals surface area contributed by atoms with E-state index in [2.05, 4.69) is 5.32 Å². The summed E-state index contributed by atoms with van der Waals surface area (Å²) >= 11 is 0. The number of nitrogens with one attached hydrogen (secondary N) is 1. The average Bonchev–Trinajstić information content (AvgIpc) is 2.76. The van der Waals surface area contributed by atoms with Gasteiger partial charge in [-0.1, -0.05) is 24.3 Å². The van der Waals surface area contributed by atoms with Crippen molar-refractivity contribution < 1.29 is 22.4 Å². The normalized spacial score (nSPS) is 12.7. The molecule has 1 N–H and O–H groups in total. The van der Waals surface area contributed by atoms with Crippen molar-refractivity contribution >= 4 is 27.5 Å². The van der Waals surface area contributed by atoms with Crippen LogP contribution in [0.2, 0.25) is 0 Å². The van der Waals surface area contributed by atoms with E-state index in [1.165, 1.54) is 21.3 Å². The predicted octanol–water partition coefficient (Wildman–Crippen LogP) is 4.32. The molecule has 36 heavy (non-hydrogen) atoms. The Kier molecular flexibility index (Phi) is 9.65. The number of carbonyl (C=O) groups excluding carboxylic acids is 2. The Morgan fingerprint density at radius 1 is 1.06 bits per heavy atom. The van der Waals surface area contributed by atoms with E-state index in [0.29, 0.717) is 11.3 Å². The molecule has 0 aromatic heterocycles. The Hall–Kier alpha value is -2.94. The second-order valence-corrected chi connectivity index (χ2v) is 12.1. The first-order chi connectivity index (χ1) is 16.6. The number of sulfonamides is 1. The Morgan fingerprint density at radius 2 is 1.67 bits per heavy atom. The molecule has 1 atom stereocenters. The van der Waals surface area contributed by atoms with Gasteiger partial charge in [-0.25, -0.2) is 12.8 Å². The van der Waals surface area contributed by atoms with E-state index in [4.69, 9.17) is 0 Å². The third kappa shape index (κ3) is 8.33. The Bertz CT molecular complexity index is 1170. The minimum absolute atomic E-state index is 0.0468. The van der Waals surface area contributed by atoms with Gasteiger partial charge in [0, 0.05) is 25.0 Å². The van der Waals surface area contributed by atoms with Crippen molar-refractivity contribution in [2.45, 2.75) is 72.5 Å². The zero-order valence-corrected chi connectivity index (χ0v) is 23.1. The maximum absolute atomic E-state index is 13.4. The van der Waals surface area contributed by atoms with Crippen LogP contribution in [0.25, 0.3) is 0 Å². The van der Waals surface area contributed by atoms with E-state index >= 15 is 0 Å². The SMILES string of the molecule is Cc1cccc(N(CCCC(=O)N(Cc2ccc(F)cc2)C(C)C(=O)NC(C)(C)C)S(C)(=O)=O)c1C. The van der Waals surface area contributed by atoms with E-state index in [1.807, 2.05) is 40.7 Å². The number of anilines is 1. The topological polar surface area (TPSA) is 86.8 Å². The first kappa shape index (κ1) is 29.3. The van der Waals surface area contributed by atoms with Crippen LogP contribution in [0.1, 0.15) is 57.2 Å². The van der Waals surface area contributed by atoms with E-state index in [1.54, 1.807) is 31.2 Å². The molecule has 2 aromatic carbocycles. The monoisotopic (exact) mass is 519 g/mol. The van der Waals surface area contributed by atoms with E-state index in [9.17, 15) is 22.4 Å². The van der Waals surface area contributed by atoms with Gasteiger partial charge < -0.3 is 10.2 Å². The van der Waals surface area contributed by atoms with E-state index in [0.717, 1.165) is 17.4 Å². The van der Waals surface area contributed by atoms with Crippen molar-refractivity contribution in [1.29, 1.82) is 0 Å². The number of aryl methyl sites for hydroxylation is 1. The van der Waals surface area contributed by atoms with Gasteiger partial charge in [-0.15, -0.1) is 0 Å². The van der Waals surface area contributed by atoms with Crippen LogP contribution in [-0.2, 0) is 26.2 Å². The van der Waals surface area contributed by atoms with Crippen LogP contribution >= 0.6 is 0 Å². The molecule has 0 heterocycles. The molecule has 2 rings (SSSR count). The Morgan fingerprint density at radius 3 is 2.22 bits per heavy atom. The number of rotatable bonds is 10. The van der Waals surface area contributed by atoms with Gasteiger partial charge in [-0.05, 0) is 82.9 Å². The zero-order chi connectivity index (χ0) is 27.3. The van der Waals surface area contributed by atoms with Gasteiger partial charge in [-0.2, -0.15) is 0 Å². The largest absolute Gasteiger partial charge is 0.350 e. The maximum Gasteiger partial charge on any atom is 0.242 e. The first-order valence-electron chi connectivity index (χ1n) is 12.0. The lowest BCUT2D eigenvalue weighted by molar-refractivity contribution is -0.141. The van der Waals surface area contributed by atoms with Gasteiger partial charge in [0.2, 0.25) is 21.8 Å². The summed E-state index contributed by atoms with van der Waals surface area (Å²) in [5.74, 6) is -0.973. The Balaban J connectivity index is 2.22. The second kappa shape index (κ2) is 11.9. The lowest BCUT2D eigenvalue weighted by atomic mass is 10.1. The summed E-state index contributed by atoms with van der Waals surface area (Å²) in [5, 5.41) is 2.90. The summed E-state index contributed by atoms with van der Waals surface area (Å²) in [7, 11) is -3.57. The lowest BCUT2D eigenvalue weighted by Crippen LogP contribution is -2.52. The molecule has 0 fully saturated rings. The third-order valence-electron chi connectivity index (χ3n) is 5.93. The predicted molar refractivity (Wildman–Crippen MR) is 142 cm³/mol. The highest BCUT2D eigenvalue weighted by Gasteiger charge is 2.29. The van der Waals surface area contributed by atoms with Crippen molar-refractivity contribution in [1.82, 2.24) is 10.2 Å². The summed E-state index contributed by atoms with van der Waals surface area (Å²) in [6, 6.07) is 10.5. The summed E-state index contributed by atoms with van der Waals surface area (Å²) in [6.45, 7) is 11.3. The molecule has 0 aliphatic carbocycles. The molecule has 1 unspecified atom stereocenters. The number of benzene rings is 2. The number of carbonyl (C=O) groups is 2. The van der Waals surface area contributed by atoms with E-state index < -0.39 is 21.6 Å². The molecule has 0 saturated heterocycles. The van der Waals surface area contributed by atoms with Crippen LogP contribution in [0, 0.1) is 19.7 Å². The summed E-state index contributed by atoms with van der Waals surface area (Å²) in [5.41, 5.74) is 2.64. The average molecular weight is 520 g/mol. The number of nitrogens with zero attached hydrogens (tertiary/aromatic N) is 2. The fraction of sp³-hybridized carbons (Fsp3) is 0.481. The number of hydrogen-bond donors (Lipinski definition) is 1. The molecule has 0 bridgehead atoms. The highest BCUT2D eigenvalue weighted by atomic mass is 32.2. The van der Waals surface area contributed by atoms with Crippen molar-refractivity contribution in [2.24, 2.45) is 0 Å².